The third kappa shape index (κ3) is 3.22. The topological polar surface area (TPSA) is 61.4 Å². The zero-order chi connectivity index (χ0) is 9.90. The third-order valence-corrected chi connectivity index (χ3v) is 2.28. The summed E-state index contributed by atoms with van der Waals surface area (Å²) < 4.78 is 0. The second-order valence-electron chi connectivity index (χ2n) is 4.06. The third-order valence-electron chi connectivity index (χ3n) is 2.28. The molecule has 3 N–H and O–H groups in total. The molecule has 0 saturated heterocycles. The first-order chi connectivity index (χ1) is 6.02. The normalized spacial score (nSPS) is 19.4. The number of rotatable bonds is 3. The minimum atomic E-state index is -0.631. The highest BCUT2D eigenvalue weighted by Gasteiger charge is 2.34. The van der Waals surface area contributed by atoms with Crippen molar-refractivity contribution in [2.75, 3.05) is 6.54 Å². The van der Waals surface area contributed by atoms with E-state index in [0.717, 1.165) is 19.3 Å². The lowest BCUT2D eigenvalue weighted by Crippen LogP contribution is -2.50. The molecule has 4 nitrogen and oxygen atoms in total. The smallest absolute Gasteiger partial charge is 0.315 e. The average molecular weight is 186 g/mol. The van der Waals surface area contributed by atoms with Gasteiger partial charge in [-0.1, -0.05) is 0 Å². The van der Waals surface area contributed by atoms with Crippen LogP contribution in [0.2, 0.25) is 0 Å². The van der Waals surface area contributed by atoms with Crippen molar-refractivity contribution in [3.05, 3.63) is 0 Å². The highest BCUT2D eigenvalue weighted by Crippen LogP contribution is 2.30. The first-order valence-corrected chi connectivity index (χ1v) is 4.79. The summed E-state index contributed by atoms with van der Waals surface area (Å²) in [6.07, 6.45) is 2.66. The number of amides is 2. The van der Waals surface area contributed by atoms with E-state index in [2.05, 4.69) is 10.6 Å². The monoisotopic (exact) mass is 186 g/mol. The van der Waals surface area contributed by atoms with E-state index in [1.165, 1.54) is 0 Å². The zero-order valence-corrected chi connectivity index (χ0v) is 8.26. The Bertz CT molecular complexity index is 188. The van der Waals surface area contributed by atoms with Gasteiger partial charge in [-0.25, -0.2) is 4.79 Å². The maximum Gasteiger partial charge on any atom is 0.315 e. The van der Waals surface area contributed by atoms with Crippen molar-refractivity contribution in [3.8, 4) is 0 Å². The fourth-order valence-electron chi connectivity index (χ4n) is 1.32. The second kappa shape index (κ2) is 3.96. The molecule has 2 amide bonds. The van der Waals surface area contributed by atoms with Crippen molar-refractivity contribution in [1.82, 2.24) is 10.6 Å². The van der Waals surface area contributed by atoms with Gasteiger partial charge >= 0.3 is 6.03 Å². The maximum atomic E-state index is 11.1. The van der Waals surface area contributed by atoms with Crippen LogP contribution in [0.1, 0.15) is 33.1 Å². The van der Waals surface area contributed by atoms with Crippen molar-refractivity contribution < 1.29 is 9.90 Å². The van der Waals surface area contributed by atoms with Gasteiger partial charge in [0.25, 0.3) is 0 Å². The van der Waals surface area contributed by atoms with Crippen LogP contribution in [0.4, 0.5) is 4.79 Å². The number of carbonyl (C=O) groups is 1. The molecule has 13 heavy (non-hydrogen) atoms. The van der Waals surface area contributed by atoms with E-state index in [-0.39, 0.29) is 12.1 Å². The van der Waals surface area contributed by atoms with Gasteiger partial charge in [0.15, 0.2) is 0 Å². The lowest BCUT2D eigenvalue weighted by Gasteiger charge is -2.36. The Kier molecular flexibility index (Phi) is 3.14. The van der Waals surface area contributed by atoms with E-state index >= 15 is 0 Å². The van der Waals surface area contributed by atoms with Crippen molar-refractivity contribution >= 4 is 6.03 Å². The molecule has 0 heterocycles. The van der Waals surface area contributed by atoms with Crippen LogP contribution >= 0.6 is 0 Å². The molecular weight excluding hydrogens is 168 g/mol. The number of hydrogen-bond donors (Lipinski definition) is 3. The number of urea groups is 1. The van der Waals surface area contributed by atoms with Gasteiger partial charge in [0.05, 0.1) is 5.60 Å². The van der Waals surface area contributed by atoms with Gasteiger partial charge < -0.3 is 15.7 Å². The molecule has 1 fully saturated rings. The van der Waals surface area contributed by atoms with Gasteiger partial charge in [-0.15, -0.1) is 0 Å². The molecule has 4 heteroatoms. The van der Waals surface area contributed by atoms with Crippen LogP contribution in [0, 0.1) is 0 Å². The molecule has 1 saturated carbocycles. The van der Waals surface area contributed by atoms with Gasteiger partial charge in [0.1, 0.15) is 0 Å². The quantitative estimate of drug-likeness (QED) is 0.604. The summed E-state index contributed by atoms with van der Waals surface area (Å²) in [4.78, 5) is 11.1. The number of nitrogens with one attached hydrogen (secondary N) is 2. The van der Waals surface area contributed by atoms with Crippen LogP contribution < -0.4 is 10.6 Å². The predicted octanol–water partition coefficient (Wildman–Crippen LogP) is 0.609. The number of aliphatic hydroxyl groups is 1. The van der Waals surface area contributed by atoms with E-state index < -0.39 is 5.60 Å². The highest BCUT2D eigenvalue weighted by molar-refractivity contribution is 5.74. The number of carbonyl (C=O) groups excluding carboxylic acids is 1. The maximum absolute atomic E-state index is 11.1. The lowest BCUT2D eigenvalue weighted by atomic mass is 9.80. The summed E-state index contributed by atoms with van der Waals surface area (Å²) in [5, 5.41) is 15.0. The van der Waals surface area contributed by atoms with Crippen molar-refractivity contribution in [3.63, 3.8) is 0 Å². The Hall–Kier alpha value is -0.770. The highest BCUT2D eigenvalue weighted by atomic mass is 16.3. The van der Waals surface area contributed by atoms with Gasteiger partial charge in [-0.05, 0) is 33.1 Å². The van der Waals surface area contributed by atoms with Crippen LogP contribution in [0.5, 0.6) is 0 Å². The molecule has 0 radical (unpaired) electrons. The molecule has 0 aromatic rings. The summed E-state index contributed by atoms with van der Waals surface area (Å²) in [6, 6.07) is -0.0636. The molecule has 0 unspecified atom stereocenters. The summed E-state index contributed by atoms with van der Waals surface area (Å²) in [7, 11) is 0. The Labute approximate surface area is 78.7 Å². The fraction of sp³-hybridized carbons (Fsp3) is 0.889. The minimum Gasteiger partial charge on any atom is -0.388 e. The van der Waals surface area contributed by atoms with Gasteiger partial charge in [0.2, 0.25) is 0 Å². The Morgan fingerprint density at radius 1 is 1.54 bits per heavy atom. The fourth-order valence-corrected chi connectivity index (χ4v) is 1.32. The summed E-state index contributed by atoms with van der Waals surface area (Å²) >= 11 is 0. The molecule has 0 aromatic heterocycles. The van der Waals surface area contributed by atoms with Gasteiger partial charge in [-0.3, -0.25) is 0 Å². The molecule has 1 rings (SSSR count). The molecule has 0 aliphatic heterocycles. The van der Waals surface area contributed by atoms with Gasteiger partial charge in [-0.2, -0.15) is 0 Å². The predicted molar refractivity (Wildman–Crippen MR) is 50.5 cm³/mol. The van der Waals surface area contributed by atoms with Gasteiger partial charge in [0, 0.05) is 12.6 Å². The second-order valence-corrected chi connectivity index (χ2v) is 4.06. The van der Waals surface area contributed by atoms with E-state index in [9.17, 15) is 9.90 Å². The molecule has 76 valence electrons. The van der Waals surface area contributed by atoms with Crippen LogP contribution in [0.15, 0.2) is 0 Å². The summed E-state index contributed by atoms with van der Waals surface area (Å²) in [6.45, 7) is 4.17. The molecule has 0 bridgehead atoms. The Morgan fingerprint density at radius 3 is 2.54 bits per heavy atom. The first-order valence-electron chi connectivity index (χ1n) is 4.79. The Morgan fingerprint density at radius 2 is 2.15 bits per heavy atom. The van der Waals surface area contributed by atoms with Crippen molar-refractivity contribution in [2.24, 2.45) is 0 Å². The molecule has 0 atom stereocenters. The standard InChI is InChI=1S/C9H18N2O2/c1-7(2)11-8(12)10-6-9(13)4-3-5-9/h7,13H,3-6H2,1-2H3,(H2,10,11,12). The summed E-state index contributed by atoms with van der Waals surface area (Å²) in [5.74, 6) is 0. The van der Waals surface area contributed by atoms with Crippen LogP contribution in [0.25, 0.3) is 0 Å². The van der Waals surface area contributed by atoms with E-state index in [1.807, 2.05) is 13.8 Å². The van der Waals surface area contributed by atoms with Crippen molar-refractivity contribution in [1.29, 1.82) is 0 Å². The lowest BCUT2D eigenvalue weighted by molar-refractivity contribution is -0.0290. The summed E-state index contributed by atoms with van der Waals surface area (Å²) in [5.41, 5.74) is -0.631. The molecule has 0 spiro atoms. The van der Waals surface area contributed by atoms with Crippen LogP contribution in [-0.2, 0) is 0 Å². The SMILES string of the molecule is CC(C)NC(=O)NCC1(O)CCC1. The average Bonchev–Trinajstić information content (AvgIpc) is 1.96. The van der Waals surface area contributed by atoms with E-state index in [1.54, 1.807) is 0 Å². The molecular formula is C9H18N2O2. The Balaban J connectivity index is 2.14. The van der Waals surface area contributed by atoms with E-state index in [4.69, 9.17) is 0 Å². The molecule has 1 aliphatic rings. The van der Waals surface area contributed by atoms with Crippen LogP contribution in [0.3, 0.4) is 0 Å². The first kappa shape index (κ1) is 10.3. The minimum absolute atomic E-state index is 0.135. The molecule has 0 aromatic carbocycles. The molecule has 1 aliphatic carbocycles. The van der Waals surface area contributed by atoms with Crippen molar-refractivity contribution in [2.45, 2.75) is 44.8 Å². The number of hydrogen-bond acceptors (Lipinski definition) is 2. The largest absolute Gasteiger partial charge is 0.388 e. The van der Waals surface area contributed by atoms with Crippen LogP contribution in [-0.4, -0.2) is 29.3 Å². The van der Waals surface area contributed by atoms with E-state index in [0.29, 0.717) is 6.54 Å². The zero-order valence-electron chi connectivity index (χ0n) is 8.26.